The zero-order valence-electron chi connectivity index (χ0n) is 37.6. The predicted molar refractivity (Wildman–Crippen MR) is 253 cm³/mol. The van der Waals surface area contributed by atoms with E-state index in [0.29, 0.717) is 43.6 Å². The van der Waals surface area contributed by atoms with E-state index in [0.717, 1.165) is 59.4 Å². The number of hydrogen-bond donors (Lipinski definition) is 4. The molecule has 1 aliphatic heterocycles. The molecule has 1 fully saturated rings. The Bertz CT molecular complexity index is 1870. The highest BCUT2D eigenvalue weighted by Gasteiger charge is 2.33. The van der Waals surface area contributed by atoms with Gasteiger partial charge in [-0.25, -0.2) is 0 Å². The van der Waals surface area contributed by atoms with Gasteiger partial charge in [0.1, 0.15) is 0 Å². The molecule has 1 heterocycles. The molecule has 9 nitrogen and oxygen atoms in total. The summed E-state index contributed by atoms with van der Waals surface area (Å²) in [5.74, 6) is -0.140. The van der Waals surface area contributed by atoms with Crippen molar-refractivity contribution in [3.63, 3.8) is 0 Å². The number of benzene rings is 4. The number of hydrogen-bond acceptors (Lipinski definition) is 7. The van der Waals surface area contributed by atoms with Gasteiger partial charge in [0.15, 0.2) is 6.29 Å². The highest BCUT2D eigenvalue weighted by atomic mass is 16.7. The van der Waals surface area contributed by atoms with E-state index in [1.165, 1.54) is 77.0 Å². The van der Waals surface area contributed by atoms with Gasteiger partial charge >= 0.3 is 0 Å². The molecule has 0 aromatic heterocycles. The number of anilines is 2. The third kappa shape index (κ3) is 17.0. The third-order valence-corrected chi connectivity index (χ3v) is 12.0. The summed E-state index contributed by atoms with van der Waals surface area (Å²) < 4.78 is 13.6. The van der Waals surface area contributed by atoms with Gasteiger partial charge in [0.05, 0.1) is 30.2 Å². The maximum Gasteiger partial charge on any atom is 0.224 e. The summed E-state index contributed by atoms with van der Waals surface area (Å²) in [6.45, 7) is 8.09. The summed E-state index contributed by atoms with van der Waals surface area (Å²) in [7, 11) is 0. The molecule has 4 aromatic rings. The zero-order valence-corrected chi connectivity index (χ0v) is 37.6. The minimum absolute atomic E-state index is 0.0158. The fraction of sp³-hybridized carbons (Fsp3) is 0.509. The van der Waals surface area contributed by atoms with Crippen LogP contribution in [0.4, 0.5) is 11.4 Å². The maximum absolute atomic E-state index is 12.7. The van der Waals surface area contributed by atoms with E-state index in [1.54, 1.807) is 12.1 Å². The van der Waals surface area contributed by atoms with Gasteiger partial charge in [-0.1, -0.05) is 157 Å². The van der Waals surface area contributed by atoms with E-state index in [9.17, 15) is 14.7 Å². The topological polar surface area (TPSA) is 126 Å². The third-order valence-electron chi connectivity index (χ3n) is 12.0. The number of nitrogens with two attached hydrogens (primary N) is 1. The largest absolute Gasteiger partial charge is 0.397 e. The maximum atomic E-state index is 12.7. The van der Waals surface area contributed by atoms with E-state index < -0.39 is 6.29 Å². The molecule has 3 atom stereocenters. The Morgan fingerprint density at radius 2 is 1.29 bits per heavy atom. The van der Waals surface area contributed by atoms with Crippen LogP contribution < -0.4 is 16.4 Å². The lowest BCUT2D eigenvalue weighted by Crippen LogP contribution is -2.40. The molecule has 62 heavy (non-hydrogen) atoms. The van der Waals surface area contributed by atoms with Gasteiger partial charge in [-0.2, -0.15) is 0 Å². The number of carbonyl (C=O) groups excluding carboxylic acids is 2. The smallest absolute Gasteiger partial charge is 0.224 e. The van der Waals surface area contributed by atoms with Crippen LogP contribution in [-0.2, 0) is 32.2 Å². The Balaban J connectivity index is 1.17. The monoisotopic (exact) mass is 847 g/mol. The van der Waals surface area contributed by atoms with Crippen LogP contribution >= 0.6 is 0 Å². The first-order valence-corrected chi connectivity index (χ1v) is 23.7. The molecule has 5 rings (SSSR count). The minimum Gasteiger partial charge on any atom is -0.397 e. The van der Waals surface area contributed by atoms with Crippen molar-refractivity contribution in [3.8, 4) is 11.1 Å². The number of aliphatic hydroxyl groups excluding tert-OH is 1. The van der Waals surface area contributed by atoms with Gasteiger partial charge in [-0.3, -0.25) is 9.59 Å². The Morgan fingerprint density at radius 1 is 0.661 bits per heavy atom. The lowest BCUT2D eigenvalue weighted by Gasteiger charge is -2.38. The second-order valence-electron chi connectivity index (χ2n) is 17.1. The number of nitrogens with one attached hydrogen (secondary N) is 2. The van der Waals surface area contributed by atoms with Crippen LogP contribution in [0.5, 0.6) is 0 Å². The van der Waals surface area contributed by atoms with Crippen molar-refractivity contribution in [3.05, 3.63) is 119 Å². The molecule has 2 amide bonds. The molecule has 0 spiro atoms. The van der Waals surface area contributed by atoms with Crippen LogP contribution in [-0.4, -0.2) is 47.6 Å². The lowest BCUT2D eigenvalue weighted by molar-refractivity contribution is -0.253. The van der Waals surface area contributed by atoms with Crippen LogP contribution in [0, 0.1) is 0 Å². The Morgan fingerprint density at radius 3 is 1.95 bits per heavy atom. The van der Waals surface area contributed by atoms with Crippen LogP contribution in [0.15, 0.2) is 97.1 Å². The van der Waals surface area contributed by atoms with E-state index in [-0.39, 0.29) is 30.6 Å². The van der Waals surface area contributed by atoms with Crippen molar-refractivity contribution >= 4 is 23.2 Å². The number of unbranched alkanes of at least 4 members (excludes halogenated alkanes) is 11. The molecule has 0 bridgehead atoms. The van der Waals surface area contributed by atoms with Gasteiger partial charge in [0.2, 0.25) is 11.8 Å². The zero-order chi connectivity index (χ0) is 43.8. The van der Waals surface area contributed by atoms with Crippen molar-refractivity contribution in [1.82, 2.24) is 10.2 Å². The van der Waals surface area contributed by atoms with Crippen molar-refractivity contribution < 1.29 is 24.2 Å². The molecule has 336 valence electrons. The van der Waals surface area contributed by atoms with Gasteiger partial charge in [-0.15, -0.1) is 0 Å². The average molecular weight is 847 g/mol. The highest BCUT2D eigenvalue weighted by Crippen LogP contribution is 2.39. The molecule has 0 aliphatic carbocycles. The fourth-order valence-electron chi connectivity index (χ4n) is 8.22. The first kappa shape index (κ1) is 48.5. The molecular weight excluding hydrogens is 773 g/mol. The number of nitrogen functional groups attached to an aromatic ring is 1. The van der Waals surface area contributed by atoms with Crippen molar-refractivity contribution in [2.24, 2.45) is 0 Å². The van der Waals surface area contributed by atoms with Crippen LogP contribution in [0.2, 0.25) is 0 Å². The summed E-state index contributed by atoms with van der Waals surface area (Å²) in [5.41, 5.74) is 13.2. The first-order valence-electron chi connectivity index (χ1n) is 23.7. The van der Waals surface area contributed by atoms with Gasteiger partial charge in [0, 0.05) is 37.9 Å². The fourth-order valence-corrected chi connectivity index (χ4v) is 8.22. The highest BCUT2D eigenvalue weighted by molar-refractivity contribution is 5.93. The Labute approximate surface area is 372 Å². The van der Waals surface area contributed by atoms with Crippen molar-refractivity contribution in [2.45, 2.75) is 155 Å². The van der Waals surface area contributed by atoms with E-state index >= 15 is 0 Å². The summed E-state index contributed by atoms with van der Waals surface area (Å²) in [4.78, 5) is 27.7. The molecule has 4 aromatic carbocycles. The second-order valence-corrected chi connectivity index (χ2v) is 17.1. The van der Waals surface area contributed by atoms with Gasteiger partial charge in [0.25, 0.3) is 0 Å². The standard InChI is InChI=1S/C53H74N4O5/c1-3-5-7-9-11-17-34-57(35-18-12-10-8-6-4-2)39-47-37-50(44-28-26-41(40-58)27-29-44)62-53(61-47)45-32-30-43(31-33-45)46-21-19-20-42(36-46)38-55-51(59)24-15-16-25-52(60)56-49-23-14-13-22-48(49)54/h13-14,19-23,26-33,36,47,50,53,58H,3-12,15-18,24-25,34-35,37-40,54H2,1-2H3,(H,55,59)(H,56,60)/t47-,50+,53+/m0/s1. The van der Waals surface area contributed by atoms with Crippen LogP contribution in [0.1, 0.15) is 158 Å². The van der Waals surface area contributed by atoms with Crippen LogP contribution in [0.3, 0.4) is 0 Å². The number of aliphatic hydroxyl groups is 1. The molecule has 1 aliphatic rings. The summed E-state index contributed by atoms with van der Waals surface area (Å²) >= 11 is 0. The van der Waals surface area contributed by atoms with E-state index in [1.807, 2.05) is 36.4 Å². The molecular formula is C53H74N4O5. The summed E-state index contributed by atoms with van der Waals surface area (Å²) in [6, 6.07) is 32.1. The van der Waals surface area contributed by atoms with Crippen LogP contribution in [0.25, 0.3) is 11.1 Å². The van der Waals surface area contributed by atoms with E-state index in [2.05, 4.69) is 77.9 Å². The number of amides is 2. The summed E-state index contributed by atoms with van der Waals surface area (Å²) in [5, 5.41) is 15.6. The van der Waals surface area contributed by atoms with Gasteiger partial charge in [-0.05, 0) is 84.8 Å². The summed E-state index contributed by atoms with van der Waals surface area (Å²) in [6.07, 6.45) is 17.6. The number of carbonyl (C=O) groups is 2. The number of ether oxygens (including phenoxy) is 2. The van der Waals surface area contributed by atoms with Gasteiger partial charge < -0.3 is 35.8 Å². The average Bonchev–Trinajstić information content (AvgIpc) is 3.30. The SMILES string of the molecule is CCCCCCCCN(CCCCCCCC)C[C@@H]1C[C@H](c2ccc(CO)cc2)O[C@H](c2ccc(-c3cccc(CNC(=O)CCCCC(=O)Nc4ccccc4N)c3)cc2)O1. The molecule has 0 radical (unpaired) electrons. The Kier molecular flexibility index (Phi) is 21.5. The van der Waals surface area contributed by atoms with E-state index in [4.69, 9.17) is 15.2 Å². The normalized spacial score (nSPS) is 16.4. The van der Waals surface area contributed by atoms with Crippen molar-refractivity contribution in [2.75, 3.05) is 30.7 Å². The minimum atomic E-state index is -0.506. The molecule has 0 saturated carbocycles. The number of nitrogens with zero attached hydrogens (tertiary/aromatic N) is 1. The predicted octanol–water partition coefficient (Wildman–Crippen LogP) is 11.8. The van der Waals surface area contributed by atoms with Crippen molar-refractivity contribution in [1.29, 1.82) is 0 Å². The molecule has 0 unspecified atom stereocenters. The Hall–Kier alpha value is -4.54. The quantitative estimate of drug-likeness (QED) is 0.0331. The second kappa shape index (κ2) is 27.5. The molecule has 5 N–H and O–H groups in total. The first-order chi connectivity index (χ1) is 30.3. The number of para-hydroxylation sites is 2. The lowest BCUT2D eigenvalue weighted by atomic mass is 9.98. The molecule has 1 saturated heterocycles. The number of rotatable bonds is 28. The molecule has 9 heteroatoms.